The summed E-state index contributed by atoms with van der Waals surface area (Å²) >= 11 is 1.61. The lowest BCUT2D eigenvalue weighted by atomic mass is 10.0. The van der Waals surface area contributed by atoms with Crippen LogP contribution in [-0.4, -0.2) is 30.1 Å². The van der Waals surface area contributed by atoms with Crippen LogP contribution in [0.5, 0.6) is 0 Å². The molecule has 1 saturated carbocycles. The third-order valence-corrected chi connectivity index (χ3v) is 6.53. The third kappa shape index (κ3) is 4.04. The average Bonchev–Trinajstić information content (AvgIpc) is 3.38. The van der Waals surface area contributed by atoms with Crippen LogP contribution in [0.25, 0.3) is 10.2 Å². The number of fused-ring (bicyclic) bond motifs is 1. The zero-order chi connectivity index (χ0) is 17.1. The molecule has 0 spiro atoms. The minimum Gasteiger partial charge on any atom is -0.376 e. The third-order valence-electron chi connectivity index (χ3n) is 5.47. The van der Waals surface area contributed by atoms with Gasteiger partial charge in [0.1, 0.15) is 0 Å². The summed E-state index contributed by atoms with van der Waals surface area (Å²) in [5, 5.41) is 0.827. The maximum absolute atomic E-state index is 13.0. The monoisotopic (exact) mass is 358 g/mol. The molecule has 1 aliphatic carbocycles. The first-order valence-electron chi connectivity index (χ1n) is 9.57. The highest BCUT2D eigenvalue weighted by atomic mass is 32.1. The number of amides is 1. The van der Waals surface area contributed by atoms with Gasteiger partial charge in [-0.15, -0.1) is 0 Å². The van der Waals surface area contributed by atoms with Gasteiger partial charge in [0.2, 0.25) is 5.91 Å². The molecular weight excluding hydrogens is 332 g/mol. The first-order chi connectivity index (χ1) is 12.3. The molecule has 0 radical (unpaired) electrons. The molecule has 1 aliphatic heterocycles. The van der Waals surface area contributed by atoms with E-state index in [9.17, 15) is 4.79 Å². The number of anilines is 1. The van der Waals surface area contributed by atoms with E-state index >= 15 is 0 Å². The van der Waals surface area contributed by atoms with Gasteiger partial charge < -0.3 is 4.74 Å². The highest BCUT2D eigenvalue weighted by Crippen LogP contribution is 2.32. The zero-order valence-electron chi connectivity index (χ0n) is 14.7. The molecule has 2 heterocycles. The van der Waals surface area contributed by atoms with E-state index in [0.29, 0.717) is 13.0 Å². The Labute approximate surface area is 153 Å². The highest BCUT2D eigenvalue weighted by Gasteiger charge is 2.27. The summed E-state index contributed by atoms with van der Waals surface area (Å²) in [6, 6.07) is 8.11. The van der Waals surface area contributed by atoms with E-state index in [4.69, 9.17) is 9.72 Å². The summed E-state index contributed by atoms with van der Waals surface area (Å²) in [7, 11) is 0. The second-order valence-corrected chi connectivity index (χ2v) is 8.30. The number of para-hydroxylation sites is 1. The fourth-order valence-corrected chi connectivity index (χ4v) is 5.01. The van der Waals surface area contributed by atoms with Crippen molar-refractivity contribution in [2.45, 2.75) is 57.5 Å². The van der Waals surface area contributed by atoms with E-state index in [1.165, 1.54) is 25.7 Å². The molecule has 1 unspecified atom stereocenters. The lowest BCUT2D eigenvalue weighted by Gasteiger charge is -2.23. The molecule has 5 heteroatoms. The van der Waals surface area contributed by atoms with E-state index in [1.807, 2.05) is 23.1 Å². The van der Waals surface area contributed by atoms with E-state index in [1.54, 1.807) is 11.3 Å². The lowest BCUT2D eigenvalue weighted by molar-refractivity contribution is -0.119. The molecule has 134 valence electrons. The summed E-state index contributed by atoms with van der Waals surface area (Å²) in [6.45, 7) is 1.46. The van der Waals surface area contributed by atoms with E-state index in [-0.39, 0.29) is 12.0 Å². The maximum atomic E-state index is 13.0. The average molecular weight is 359 g/mol. The fraction of sp³-hybridized carbons (Fsp3) is 0.600. The van der Waals surface area contributed by atoms with Gasteiger partial charge in [-0.2, -0.15) is 0 Å². The number of rotatable bonds is 6. The van der Waals surface area contributed by atoms with E-state index < -0.39 is 0 Å². The van der Waals surface area contributed by atoms with Crippen molar-refractivity contribution < 1.29 is 9.53 Å². The summed E-state index contributed by atoms with van der Waals surface area (Å²) in [6.07, 6.45) is 9.18. The Morgan fingerprint density at radius 2 is 2.04 bits per heavy atom. The number of thiazole rings is 1. The number of nitrogens with zero attached hydrogens (tertiary/aromatic N) is 2. The smallest absolute Gasteiger partial charge is 0.228 e. The van der Waals surface area contributed by atoms with Crippen LogP contribution in [0.3, 0.4) is 0 Å². The number of benzene rings is 1. The van der Waals surface area contributed by atoms with E-state index in [0.717, 1.165) is 47.1 Å². The van der Waals surface area contributed by atoms with Crippen LogP contribution in [0, 0.1) is 5.92 Å². The van der Waals surface area contributed by atoms with Crippen molar-refractivity contribution in [1.82, 2.24) is 4.98 Å². The molecule has 1 aromatic heterocycles. The number of aromatic nitrogens is 1. The van der Waals surface area contributed by atoms with Gasteiger partial charge in [0.05, 0.1) is 22.9 Å². The number of carbonyl (C=O) groups excluding carboxylic acids is 1. The lowest BCUT2D eigenvalue weighted by Crippen LogP contribution is -2.37. The molecule has 0 N–H and O–H groups in total. The summed E-state index contributed by atoms with van der Waals surface area (Å²) in [4.78, 5) is 19.6. The van der Waals surface area contributed by atoms with Crippen LogP contribution in [0.1, 0.15) is 51.4 Å². The Kier molecular flexibility index (Phi) is 5.32. The molecule has 0 bridgehead atoms. The SMILES string of the molecule is O=C(CCC1CCCC1)N(CC1CCCO1)c1nc2ccccc2s1. The zero-order valence-corrected chi connectivity index (χ0v) is 15.5. The van der Waals surface area contributed by atoms with Crippen LogP contribution in [0.2, 0.25) is 0 Å². The van der Waals surface area contributed by atoms with Crippen molar-refractivity contribution in [3.63, 3.8) is 0 Å². The normalized spacial score (nSPS) is 21.2. The van der Waals surface area contributed by atoms with Crippen molar-refractivity contribution in [3.8, 4) is 0 Å². The van der Waals surface area contributed by atoms with Gasteiger partial charge in [0, 0.05) is 13.0 Å². The van der Waals surface area contributed by atoms with Gasteiger partial charge >= 0.3 is 0 Å². The quantitative estimate of drug-likeness (QED) is 0.746. The molecule has 1 amide bonds. The minimum atomic E-state index is 0.155. The van der Waals surface area contributed by atoms with Gasteiger partial charge in [-0.05, 0) is 37.3 Å². The first-order valence-corrected chi connectivity index (χ1v) is 10.4. The van der Waals surface area contributed by atoms with E-state index in [2.05, 4.69) is 6.07 Å². The van der Waals surface area contributed by atoms with Crippen LogP contribution < -0.4 is 4.90 Å². The summed E-state index contributed by atoms with van der Waals surface area (Å²) < 4.78 is 6.93. The highest BCUT2D eigenvalue weighted by molar-refractivity contribution is 7.22. The number of carbonyl (C=O) groups is 1. The summed E-state index contributed by atoms with van der Waals surface area (Å²) in [5.74, 6) is 0.949. The van der Waals surface area contributed by atoms with Gasteiger partial charge in [-0.1, -0.05) is 49.2 Å². The van der Waals surface area contributed by atoms with Crippen molar-refractivity contribution in [1.29, 1.82) is 0 Å². The second kappa shape index (κ2) is 7.83. The van der Waals surface area contributed by atoms with Crippen LogP contribution in [-0.2, 0) is 9.53 Å². The van der Waals surface area contributed by atoms with Gasteiger partial charge in [0.25, 0.3) is 0 Å². The first kappa shape index (κ1) is 17.0. The molecular formula is C20H26N2O2S. The molecule has 2 aliphatic rings. The number of hydrogen-bond donors (Lipinski definition) is 0. The maximum Gasteiger partial charge on any atom is 0.228 e. The fourth-order valence-electron chi connectivity index (χ4n) is 4.02. The van der Waals surface area contributed by atoms with Crippen LogP contribution in [0.4, 0.5) is 5.13 Å². The number of hydrogen-bond acceptors (Lipinski definition) is 4. The van der Waals surface area contributed by atoms with Crippen molar-refractivity contribution in [2.24, 2.45) is 5.92 Å². The Hall–Kier alpha value is -1.46. The molecule has 2 fully saturated rings. The van der Waals surface area contributed by atoms with Gasteiger partial charge in [-0.25, -0.2) is 4.98 Å². The Balaban J connectivity index is 1.50. The van der Waals surface area contributed by atoms with Crippen molar-refractivity contribution >= 4 is 32.6 Å². The topological polar surface area (TPSA) is 42.4 Å². The van der Waals surface area contributed by atoms with Crippen molar-refractivity contribution in [2.75, 3.05) is 18.1 Å². The van der Waals surface area contributed by atoms with Crippen LogP contribution in [0.15, 0.2) is 24.3 Å². The Morgan fingerprint density at radius 1 is 1.20 bits per heavy atom. The molecule has 25 heavy (non-hydrogen) atoms. The molecule has 4 nitrogen and oxygen atoms in total. The Morgan fingerprint density at radius 3 is 2.80 bits per heavy atom. The van der Waals surface area contributed by atoms with Gasteiger partial charge in [-0.3, -0.25) is 9.69 Å². The summed E-state index contributed by atoms with van der Waals surface area (Å²) in [5.41, 5.74) is 0.975. The Bertz CT molecular complexity index is 684. The molecule has 1 aromatic carbocycles. The van der Waals surface area contributed by atoms with Gasteiger partial charge in [0.15, 0.2) is 5.13 Å². The minimum absolute atomic E-state index is 0.155. The van der Waals surface area contributed by atoms with Crippen LogP contribution >= 0.6 is 11.3 Å². The molecule has 1 saturated heterocycles. The standard InChI is InChI=1S/C20H26N2O2S/c23-19(12-11-15-6-1-2-7-15)22(14-16-8-5-13-24-16)20-21-17-9-3-4-10-18(17)25-20/h3-4,9-10,15-16H,1-2,5-8,11-14H2. The predicted octanol–water partition coefficient (Wildman–Crippen LogP) is 4.78. The second-order valence-electron chi connectivity index (χ2n) is 7.29. The largest absolute Gasteiger partial charge is 0.376 e. The number of ether oxygens (including phenoxy) is 1. The molecule has 4 rings (SSSR count). The molecule has 1 atom stereocenters. The molecule has 2 aromatic rings. The van der Waals surface area contributed by atoms with Crippen molar-refractivity contribution in [3.05, 3.63) is 24.3 Å². The predicted molar refractivity (Wildman–Crippen MR) is 102 cm³/mol.